The lowest BCUT2D eigenvalue weighted by Gasteiger charge is -2.17. The number of ether oxygens (including phenoxy) is 2. The van der Waals surface area contributed by atoms with Crippen LogP contribution in [0.1, 0.15) is 30.6 Å². The van der Waals surface area contributed by atoms with E-state index in [1.165, 1.54) is 31.2 Å². The van der Waals surface area contributed by atoms with Crippen LogP contribution in [0.3, 0.4) is 0 Å². The van der Waals surface area contributed by atoms with E-state index in [0.717, 1.165) is 6.42 Å². The summed E-state index contributed by atoms with van der Waals surface area (Å²) in [5.74, 6) is 0.133. The molecule has 0 aliphatic heterocycles. The molecule has 0 spiro atoms. The van der Waals surface area contributed by atoms with Crippen LogP contribution in [0.5, 0.6) is 11.5 Å². The summed E-state index contributed by atoms with van der Waals surface area (Å²) in [5.41, 5.74) is 0.115. The van der Waals surface area contributed by atoms with Crippen LogP contribution in [0, 0.1) is 10.1 Å². The van der Waals surface area contributed by atoms with E-state index in [2.05, 4.69) is 5.32 Å². The Morgan fingerprint density at radius 2 is 2.04 bits per heavy atom. The molecule has 27 heavy (non-hydrogen) atoms. The Hall–Kier alpha value is -3.42. The van der Waals surface area contributed by atoms with Crippen molar-refractivity contribution in [1.29, 1.82) is 0 Å². The number of nitrogens with zero attached hydrogens (tertiary/aromatic N) is 1. The van der Waals surface area contributed by atoms with E-state index in [4.69, 9.17) is 9.47 Å². The summed E-state index contributed by atoms with van der Waals surface area (Å²) >= 11 is 0. The Bertz CT molecular complexity index is 837. The van der Waals surface area contributed by atoms with E-state index in [-0.39, 0.29) is 22.7 Å². The predicted octanol–water partition coefficient (Wildman–Crippen LogP) is 3.60. The fourth-order valence-corrected chi connectivity index (χ4v) is 2.24. The fourth-order valence-electron chi connectivity index (χ4n) is 2.24. The van der Waals surface area contributed by atoms with Gasteiger partial charge in [-0.3, -0.25) is 19.7 Å². The molecule has 0 aliphatic rings. The summed E-state index contributed by atoms with van der Waals surface area (Å²) in [6.45, 7) is 3.96. The van der Waals surface area contributed by atoms with Gasteiger partial charge in [0.15, 0.2) is 12.4 Å². The molecule has 2 rings (SSSR count). The van der Waals surface area contributed by atoms with Gasteiger partial charge in [-0.2, -0.15) is 0 Å². The van der Waals surface area contributed by atoms with E-state index in [9.17, 15) is 19.7 Å². The molecule has 2 aromatic rings. The standard InChI is InChI=1S/C19H20N2O6/c1-3-10-26-15-9-8-14(12-22)18(11-15)27-13(2)19(23)20-16-6-4-5-7-17(16)21(24)25/h4-9,11-13H,3,10H2,1-2H3,(H,20,23)/t13-/m1/s1. The van der Waals surface area contributed by atoms with Crippen molar-refractivity contribution in [3.63, 3.8) is 0 Å². The molecule has 8 heteroatoms. The molecule has 0 radical (unpaired) electrons. The van der Waals surface area contributed by atoms with Gasteiger partial charge in [0.05, 0.1) is 17.1 Å². The number of carbonyl (C=O) groups excluding carboxylic acids is 2. The number of nitro groups is 1. The third-order valence-electron chi connectivity index (χ3n) is 3.62. The van der Waals surface area contributed by atoms with Crippen molar-refractivity contribution in [2.45, 2.75) is 26.4 Å². The summed E-state index contributed by atoms with van der Waals surface area (Å²) in [6, 6.07) is 10.5. The number of nitro benzene ring substituents is 1. The molecule has 1 atom stereocenters. The summed E-state index contributed by atoms with van der Waals surface area (Å²) in [6.07, 6.45) is 0.441. The maximum Gasteiger partial charge on any atom is 0.292 e. The molecule has 1 N–H and O–H groups in total. The molecule has 2 aromatic carbocycles. The number of benzene rings is 2. The number of anilines is 1. The molecule has 0 heterocycles. The average molecular weight is 372 g/mol. The van der Waals surface area contributed by atoms with E-state index in [1.54, 1.807) is 18.2 Å². The van der Waals surface area contributed by atoms with Crippen LogP contribution in [-0.2, 0) is 4.79 Å². The summed E-state index contributed by atoms with van der Waals surface area (Å²) in [7, 11) is 0. The second-order valence-electron chi connectivity index (χ2n) is 5.69. The Kier molecular flexibility index (Phi) is 6.87. The first-order valence-corrected chi connectivity index (χ1v) is 8.39. The van der Waals surface area contributed by atoms with Crippen LogP contribution in [0.15, 0.2) is 42.5 Å². The maximum atomic E-state index is 12.4. The van der Waals surface area contributed by atoms with Gasteiger partial charge in [-0.25, -0.2) is 0 Å². The van der Waals surface area contributed by atoms with Crippen LogP contribution >= 0.6 is 0 Å². The van der Waals surface area contributed by atoms with Crippen molar-refractivity contribution < 1.29 is 24.0 Å². The van der Waals surface area contributed by atoms with Crippen LogP contribution in [0.2, 0.25) is 0 Å². The number of hydrogen-bond donors (Lipinski definition) is 1. The lowest BCUT2D eigenvalue weighted by molar-refractivity contribution is -0.383. The van der Waals surface area contributed by atoms with Crippen molar-refractivity contribution in [3.05, 3.63) is 58.1 Å². The quantitative estimate of drug-likeness (QED) is 0.409. The van der Waals surface area contributed by atoms with Crippen LogP contribution in [0.25, 0.3) is 0 Å². The zero-order valence-electron chi connectivity index (χ0n) is 15.0. The van der Waals surface area contributed by atoms with Crippen LogP contribution in [0.4, 0.5) is 11.4 Å². The number of rotatable bonds is 9. The first-order chi connectivity index (χ1) is 13.0. The molecule has 0 saturated heterocycles. The van der Waals surface area contributed by atoms with E-state index < -0.39 is 16.9 Å². The number of hydrogen-bond acceptors (Lipinski definition) is 6. The fraction of sp³-hybridized carbons (Fsp3) is 0.263. The number of nitrogens with one attached hydrogen (secondary N) is 1. The lowest BCUT2D eigenvalue weighted by atomic mass is 10.2. The normalized spacial score (nSPS) is 11.3. The predicted molar refractivity (Wildman–Crippen MR) is 99.4 cm³/mol. The zero-order valence-corrected chi connectivity index (χ0v) is 15.0. The van der Waals surface area contributed by atoms with Gasteiger partial charge in [-0.05, 0) is 31.5 Å². The van der Waals surface area contributed by atoms with Crippen molar-refractivity contribution in [2.75, 3.05) is 11.9 Å². The Morgan fingerprint density at radius 3 is 2.70 bits per heavy atom. The topological polar surface area (TPSA) is 108 Å². The summed E-state index contributed by atoms with van der Waals surface area (Å²) in [4.78, 5) is 34.0. The Labute approximate surface area is 156 Å². The molecule has 0 aromatic heterocycles. The second kappa shape index (κ2) is 9.33. The molecule has 1 amide bonds. The number of carbonyl (C=O) groups is 2. The van der Waals surface area contributed by atoms with Gasteiger partial charge in [-0.1, -0.05) is 19.1 Å². The van der Waals surface area contributed by atoms with E-state index >= 15 is 0 Å². The van der Waals surface area contributed by atoms with Gasteiger partial charge in [-0.15, -0.1) is 0 Å². The molecule has 0 aliphatic carbocycles. The SMILES string of the molecule is CCCOc1ccc(C=O)c(O[C@H](C)C(=O)Nc2ccccc2[N+](=O)[O-])c1. The van der Waals surface area contributed by atoms with Gasteiger partial charge in [0, 0.05) is 12.1 Å². The molecule has 0 bridgehead atoms. The smallest absolute Gasteiger partial charge is 0.292 e. The second-order valence-corrected chi connectivity index (χ2v) is 5.69. The summed E-state index contributed by atoms with van der Waals surface area (Å²) in [5, 5.41) is 13.5. The van der Waals surface area contributed by atoms with Crippen molar-refractivity contribution >= 4 is 23.6 Å². The van der Waals surface area contributed by atoms with Crippen molar-refractivity contribution in [1.82, 2.24) is 0 Å². The van der Waals surface area contributed by atoms with E-state index in [1.807, 2.05) is 6.92 Å². The van der Waals surface area contributed by atoms with Gasteiger partial charge in [0.25, 0.3) is 11.6 Å². The molecular weight excluding hydrogens is 352 g/mol. The van der Waals surface area contributed by atoms with Crippen molar-refractivity contribution in [2.24, 2.45) is 0 Å². The number of para-hydroxylation sites is 2. The minimum absolute atomic E-state index is 0.0681. The average Bonchev–Trinajstić information content (AvgIpc) is 2.66. The highest BCUT2D eigenvalue weighted by atomic mass is 16.6. The highest BCUT2D eigenvalue weighted by Gasteiger charge is 2.21. The largest absolute Gasteiger partial charge is 0.493 e. The first kappa shape index (κ1) is 19.9. The highest BCUT2D eigenvalue weighted by Crippen LogP contribution is 2.26. The zero-order chi connectivity index (χ0) is 19.8. The van der Waals surface area contributed by atoms with Crippen LogP contribution < -0.4 is 14.8 Å². The third kappa shape index (κ3) is 5.27. The van der Waals surface area contributed by atoms with Gasteiger partial charge in [0.2, 0.25) is 0 Å². The van der Waals surface area contributed by atoms with E-state index in [0.29, 0.717) is 18.6 Å². The number of amides is 1. The molecule has 8 nitrogen and oxygen atoms in total. The third-order valence-corrected chi connectivity index (χ3v) is 3.62. The van der Waals surface area contributed by atoms with Gasteiger partial charge < -0.3 is 14.8 Å². The van der Waals surface area contributed by atoms with Crippen molar-refractivity contribution in [3.8, 4) is 11.5 Å². The van der Waals surface area contributed by atoms with Gasteiger partial charge in [0.1, 0.15) is 17.2 Å². The first-order valence-electron chi connectivity index (χ1n) is 8.39. The Morgan fingerprint density at radius 1 is 1.30 bits per heavy atom. The van der Waals surface area contributed by atoms with Crippen LogP contribution in [-0.4, -0.2) is 29.8 Å². The minimum atomic E-state index is -0.995. The van der Waals surface area contributed by atoms with Gasteiger partial charge >= 0.3 is 0 Å². The lowest BCUT2D eigenvalue weighted by Crippen LogP contribution is -2.30. The molecule has 0 saturated carbocycles. The molecule has 0 unspecified atom stereocenters. The maximum absolute atomic E-state index is 12.4. The monoisotopic (exact) mass is 372 g/mol. The highest BCUT2D eigenvalue weighted by molar-refractivity contribution is 5.96. The molecule has 0 fully saturated rings. The summed E-state index contributed by atoms with van der Waals surface area (Å²) < 4.78 is 11.1. The molecule has 142 valence electrons. The number of aldehydes is 1. The minimum Gasteiger partial charge on any atom is -0.493 e. The Balaban J connectivity index is 2.14. The molecular formula is C19H20N2O6.